The third-order valence-electron chi connectivity index (χ3n) is 2.98. The van der Waals surface area contributed by atoms with Crippen molar-refractivity contribution >= 4 is 11.5 Å². The number of nitrogens with zero attached hydrogens (tertiary/aromatic N) is 4. The molecule has 1 aromatic rings. The normalized spacial score (nSPS) is 10.8. The first-order valence-electron chi connectivity index (χ1n) is 7.23. The number of hydrogen-bond acceptors (Lipinski definition) is 6. The van der Waals surface area contributed by atoms with Crippen LogP contribution in [0.3, 0.4) is 0 Å². The standard InChI is InChI=1S/C14H27N5O/c1-5-10-20-14-12(15)13(16-11-17-14)19(6-2)9-7-8-18(3)4/h11H,5-10,15H2,1-4H3. The van der Waals surface area contributed by atoms with Gasteiger partial charge in [0.05, 0.1) is 6.61 Å². The number of nitrogen functional groups attached to an aromatic ring is 1. The summed E-state index contributed by atoms with van der Waals surface area (Å²) >= 11 is 0. The average Bonchev–Trinajstić information content (AvgIpc) is 2.43. The number of anilines is 2. The molecule has 0 aliphatic rings. The van der Waals surface area contributed by atoms with E-state index in [1.807, 2.05) is 0 Å². The molecule has 0 aliphatic heterocycles. The molecule has 1 rings (SSSR count). The first kappa shape index (κ1) is 16.5. The van der Waals surface area contributed by atoms with Crippen LogP contribution >= 0.6 is 0 Å². The summed E-state index contributed by atoms with van der Waals surface area (Å²) in [6.07, 6.45) is 3.51. The van der Waals surface area contributed by atoms with Crippen LogP contribution in [0, 0.1) is 0 Å². The van der Waals surface area contributed by atoms with Crippen molar-refractivity contribution in [2.45, 2.75) is 26.7 Å². The lowest BCUT2D eigenvalue weighted by Crippen LogP contribution is -2.28. The van der Waals surface area contributed by atoms with Gasteiger partial charge in [0.1, 0.15) is 12.0 Å². The number of rotatable bonds is 9. The van der Waals surface area contributed by atoms with Crippen molar-refractivity contribution in [1.82, 2.24) is 14.9 Å². The van der Waals surface area contributed by atoms with Crippen molar-refractivity contribution in [3.05, 3.63) is 6.33 Å². The van der Waals surface area contributed by atoms with Crippen molar-refractivity contribution in [2.24, 2.45) is 0 Å². The number of aromatic nitrogens is 2. The summed E-state index contributed by atoms with van der Waals surface area (Å²) in [6, 6.07) is 0. The fraction of sp³-hybridized carbons (Fsp3) is 0.714. The second kappa shape index (κ2) is 8.58. The van der Waals surface area contributed by atoms with Crippen LogP contribution in [0.5, 0.6) is 5.88 Å². The molecule has 0 radical (unpaired) electrons. The van der Waals surface area contributed by atoms with Gasteiger partial charge in [0.25, 0.3) is 0 Å². The Morgan fingerprint density at radius 2 is 1.95 bits per heavy atom. The molecule has 0 fully saturated rings. The topological polar surface area (TPSA) is 67.5 Å². The smallest absolute Gasteiger partial charge is 0.242 e. The lowest BCUT2D eigenvalue weighted by molar-refractivity contribution is 0.306. The first-order valence-corrected chi connectivity index (χ1v) is 7.23. The lowest BCUT2D eigenvalue weighted by Gasteiger charge is -2.24. The first-order chi connectivity index (χ1) is 9.60. The second-order valence-corrected chi connectivity index (χ2v) is 5.00. The van der Waals surface area contributed by atoms with Gasteiger partial charge in [-0.15, -0.1) is 0 Å². The molecule has 0 unspecified atom stereocenters. The van der Waals surface area contributed by atoms with Gasteiger partial charge in [0, 0.05) is 13.1 Å². The Morgan fingerprint density at radius 1 is 1.20 bits per heavy atom. The van der Waals surface area contributed by atoms with Gasteiger partial charge in [-0.05, 0) is 40.4 Å². The molecule has 0 bridgehead atoms. The summed E-state index contributed by atoms with van der Waals surface area (Å²) in [5.41, 5.74) is 6.66. The fourth-order valence-electron chi connectivity index (χ4n) is 1.93. The van der Waals surface area contributed by atoms with Gasteiger partial charge in [-0.25, -0.2) is 4.98 Å². The van der Waals surface area contributed by atoms with Crippen LogP contribution in [0.4, 0.5) is 11.5 Å². The van der Waals surface area contributed by atoms with Gasteiger partial charge < -0.3 is 20.3 Å². The van der Waals surface area contributed by atoms with E-state index in [0.29, 0.717) is 18.2 Å². The lowest BCUT2D eigenvalue weighted by atomic mass is 10.3. The highest BCUT2D eigenvalue weighted by atomic mass is 16.5. The predicted octanol–water partition coefficient (Wildman–Crippen LogP) is 1.63. The van der Waals surface area contributed by atoms with Crippen molar-refractivity contribution in [1.29, 1.82) is 0 Å². The fourth-order valence-corrected chi connectivity index (χ4v) is 1.93. The summed E-state index contributed by atoms with van der Waals surface area (Å²) in [4.78, 5) is 12.8. The maximum absolute atomic E-state index is 6.13. The highest BCUT2D eigenvalue weighted by Crippen LogP contribution is 2.27. The van der Waals surface area contributed by atoms with Crippen molar-refractivity contribution in [3.63, 3.8) is 0 Å². The van der Waals surface area contributed by atoms with E-state index in [-0.39, 0.29) is 0 Å². The molecule has 0 saturated heterocycles. The molecule has 0 aliphatic carbocycles. The van der Waals surface area contributed by atoms with E-state index in [9.17, 15) is 0 Å². The molecule has 2 N–H and O–H groups in total. The Balaban J connectivity index is 2.75. The molecule has 1 aromatic heterocycles. The van der Waals surface area contributed by atoms with Crippen LogP contribution in [0.25, 0.3) is 0 Å². The molecule has 6 heteroatoms. The molecule has 0 amide bonds. The summed E-state index contributed by atoms with van der Waals surface area (Å²) < 4.78 is 5.55. The molecule has 0 spiro atoms. The zero-order valence-corrected chi connectivity index (χ0v) is 13.1. The Kier molecular flexibility index (Phi) is 7.08. The van der Waals surface area contributed by atoms with Crippen molar-refractivity contribution < 1.29 is 4.74 Å². The van der Waals surface area contributed by atoms with E-state index in [1.165, 1.54) is 6.33 Å². The van der Waals surface area contributed by atoms with Gasteiger partial charge in [0.2, 0.25) is 5.88 Å². The average molecular weight is 281 g/mol. The zero-order valence-electron chi connectivity index (χ0n) is 13.1. The van der Waals surface area contributed by atoms with Crippen LogP contribution in [0.2, 0.25) is 0 Å². The van der Waals surface area contributed by atoms with Crippen molar-refractivity contribution in [2.75, 3.05) is 51.0 Å². The van der Waals surface area contributed by atoms with E-state index in [4.69, 9.17) is 10.5 Å². The largest absolute Gasteiger partial charge is 0.476 e. The van der Waals surface area contributed by atoms with Crippen LogP contribution < -0.4 is 15.4 Å². The Bertz CT molecular complexity index is 397. The van der Waals surface area contributed by atoms with Gasteiger partial charge in [-0.1, -0.05) is 6.92 Å². The Hall–Kier alpha value is -1.56. The minimum atomic E-state index is 0.489. The summed E-state index contributed by atoms with van der Waals surface area (Å²) in [7, 11) is 4.15. The minimum absolute atomic E-state index is 0.489. The number of ether oxygens (including phenoxy) is 1. The molecule has 0 atom stereocenters. The molecular weight excluding hydrogens is 254 g/mol. The molecular formula is C14H27N5O. The molecule has 6 nitrogen and oxygen atoms in total. The summed E-state index contributed by atoms with van der Waals surface area (Å²) in [6.45, 7) is 7.60. The molecule has 0 aromatic carbocycles. The van der Waals surface area contributed by atoms with Crippen LogP contribution in [0.15, 0.2) is 6.33 Å². The molecule has 20 heavy (non-hydrogen) atoms. The third kappa shape index (κ3) is 4.85. The SMILES string of the molecule is CCCOc1ncnc(N(CC)CCCN(C)C)c1N. The zero-order chi connectivity index (χ0) is 15.0. The second-order valence-electron chi connectivity index (χ2n) is 5.00. The van der Waals surface area contributed by atoms with E-state index in [2.05, 4.69) is 47.7 Å². The maximum atomic E-state index is 6.13. The Labute approximate surface area is 121 Å². The highest BCUT2D eigenvalue weighted by Gasteiger charge is 2.14. The predicted molar refractivity (Wildman–Crippen MR) is 83.3 cm³/mol. The van der Waals surface area contributed by atoms with Crippen LogP contribution in [-0.2, 0) is 0 Å². The molecule has 114 valence electrons. The number of hydrogen-bond donors (Lipinski definition) is 1. The highest BCUT2D eigenvalue weighted by molar-refractivity contribution is 5.67. The van der Waals surface area contributed by atoms with Gasteiger partial charge >= 0.3 is 0 Å². The summed E-state index contributed by atoms with van der Waals surface area (Å²) in [5, 5.41) is 0. The van der Waals surface area contributed by atoms with Crippen molar-refractivity contribution in [3.8, 4) is 5.88 Å². The van der Waals surface area contributed by atoms with E-state index >= 15 is 0 Å². The van der Waals surface area contributed by atoms with Crippen LogP contribution in [-0.4, -0.2) is 55.2 Å². The van der Waals surface area contributed by atoms with E-state index in [1.54, 1.807) is 0 Å². The van der Waals surface area contributed by atoms with E-state index in [0.717, 1.165) is 38.3 Å². The quantitative estimate of drug-likeness (QED) is 0.742. The molecule has 0 saturated carbocycles. The molecule has 1 heterocycles. The van der Waals surface area contributed by atoms with E-state index < -0.39 is 0 Å². The maximum Gasteiger partial charge on any atom is 0.242 e. The number of nitrogens with two attached hydrogens (primary N) is 1. The third-order valence-corrected chi connectivity index (χ3v) is 2.98. The van der Waals surface area contributed by atoms with Crippen LogP contribution in [0.1, 0.15) is 26.7 Å². The van der Waals surface area contributed by atoms with Gasteiger partial charge in [0.15, 0.2) is 5.82 Å². The minimum Gasteiger partial charge on any atom is -0.476 e. The van der Waals surface area contributed by atoms with Gasteiger partial charge in [-0.2, -0.15) is 4.98 Å². The van der Waals surface area contributed by atoms with Gasteiger partial charge in [-0.3, -0.25) is 0 Å². The summed E-state index contributed by atoms with van der Waals surface area (Å²) in [5.74, 6) is 1.26. The Morgan fingerprint density at radius 3 is 2.55 bits per heavy atom. The monoisotopic (exact) mass is 281 g/mol.